The van der Waals surface area contributed by atoms with Crippen molar-refractivity contribution >= 4 is 27.5 Å². The molecule has 1 nitrogen and oxygen atoms in total. The second-order valence-electron chi connectivity index (χ2n) is 4.67. The van der Waals surface area contributed by atoms with E-state index in [0.717, 1.165) is 9.50 Å². The van der Waals surface area contributed by atoms with Gasteiger partial charge in [-0.2, -0.15) is 0 Å². The van der Waals surface area contributed by atoms with Crippen LogP contribution in [-0.4, -0.2) is 6.54 Å². The van der Waals surface area contributed by atoms with E-state index in [-0.39, 0.29) is 5.41 Å². The third kappa shape index (κ3) is 2.29. The van der Waals surface area contributed by atoms with Crippen LogP contribution in [0.5, 0.6) is 0 Å². The Morgan fingerprint density at radius 1 is 1.25 bits per heavy atom. The van der Waals surface area contributed by atoms with Gasteiger partial charge in [-0.3, -0.25) is 0 Å². The first-order valence-electron chi connectivity index (χ1n) is 5.83. The number of nitrogens with two attached hydrogens (primary N) is 1. The Bertz CT molecular complexity index is 372. The molecule has 3 heteroatoms. The van der Waals surface area contributed by atoms with Crippen LogP contribution in [0.15, 0.2) is 22.7 Å². The molecule has 2 N–H and O–H groups in total. The maximum Gasteiger partial charge on any atom is 0.0455 e. The smallest absolute Gasteiger partial charge is 0.0455 e. The molecule has 1 aliphatic carbocycles. The molecule has 0 radical (unpaired) electrons. The standard InChI is InChI=1S/C13H17BrClN/c14-10-4-5-11(12(15)8-10)13(9-16)6-2-1-3-7-13/h4-5,8H,1-3,6-7,9,16H2. The second-order valence-corrected chi connectivity index (χ2v) is 5.99. The summed E-state index contributed by atoms with van der Waals surface area (Å²) in [5.41, 5.74) is 7.36. The predicted octanol–water partition coefficient (Wildman–Crippen LogP) is 4.26. The van der Waals surface area contributed by atoms with E-state index in [4.69, 9.17) is 17.3 Å². The molecule has 0 aliphatic heterocycles. The fraction of sp³-hybridized carbons (Fsp3) is 0.538. The Labute approximate surface area is 110 Å². The average Bonchev–Trinajstić information content (AvgIpc) is 2.30. The zero-order valence-corrected chi connectivity index (χ0v) is 11.6. The summed E-state index contributed by atoms with van der Waals surface area (Å²) in [4.78, 5) is 0. The SMILES string of the molecule is NCC1(c2ccc(Br)cc2Cl)CCCCC1. The van der Waals surface area contributed by atoms with E-state index in [2.05, 4.69) is 28.1 Å². The summed E-state index contributed by atoms with van der Waals surface area (Å²) < 4.78 is 1.03. The third-order valence-electron chi connectivity index (χ3n) is 3.70. The second kappa shape index (κ2) is 5.07. The highest BCUT2D eigenvalue weighted by Gasteiger charge is 2.33. The van der Waals surface area contributed by atoms with Crippen LogP contribution < -0.4 is 5.73 Å². The number of benzene rings is 1. The van der Waals surface area contributed by atoms with Gasteiger partial charge in [-0.1, -0.05) is 52.9 Å². The van der Waals surface area contributed by atoms with E-state index in [0.29, 0.717) is 6.54 Å². The molecule has 0 saturated heterocycles. The molecule has 1 aromatic carbocycles. The van der Waals surface area contributed by atoms with Crippen molar-refractivity contribution in [3.05, 3.63) is 33.3 Å². The van der Waals surface area contributed by atoms with Crippen molar-refractivity contribution in [3.8, 4) is 0 Å². The van der Waals surface area contributed by atoms with E-state index in [1.807, 2.05) is 6.07 Å². The third-order valence-corrected chi connectivity index (χ3v) is 4.51. The van der Waals surface area contributed by atoms with Crippen LogP contribution in [0.4, 0.5) is 0 Å². The lowest BCUT2D eigenvalue weighted by Crippen LogP contribution is -2.37. The summed E-state index contributed by atoms with van der Waals surface area (Å²) in [5, 5.41) is 0.849. The Balaban J connectivity index is 2.39. The van der Waals surface area contributed by atoms with Crippen LogP contribution >= 0.6 is 27.5 Å². The van der Waals surface area contributed by atoms with Crippen LogP contribution in [0.25, 0.3) is 0 Å². The topological polar surface area (TPSA) is 26.0 Å². The molecule has 0 bridgehead atoms. The summed E-state index contributed by atoms with van der Waals surface area (Å²) in [6, 6.07) is 6.17. The first kappa shape index (κ1) is 12.4. The van der Waals surface area contributed by atoms with Gasteiger partial charge in [-0.05, 0) is 30.5 Å². The Morgan fingerprint density at radius 3 is 2.50 bits per heavy atom. The van der Waals surface area contributed by atoms with Gasteiger partial charge >= 0.3 is 0 Å². The molecule has 1 saturated carbocycles. The molecule has 0 atom stereocenters. The molecule has 0 heterocycles. The molecule has 1 aliphatic rings. The average molecular weight is 303 g/mol. The zero-order chi connectivity index (χ0) is 11.6. The molecule has 0 unspecified atom stereocenters. The Hall–Kier alpha value is -0.0500. The van der Waals surface area contributed by atoms with Crippen LogP contribution in [0, 0.1) is 0 Å². The van der Waals surface area contributed by atoms with Crippen molar-refractivity contribution in [2.75, 3.05) is 6.54 Å². The van der Waals surface area contributed by atoms with E-state index in [1.165, 1.54) is 37.7 Å². The fourth-order valence-electron chi connectivity index (χ4n) is 2.73. The summed E-state index contributed by atoms with van der Waals surface area (Å²) in [7, 11) is 0. The summed E-state index contributed by atoms with van der Waals surface area (Å²) >= 11 is 9.79. The first-order chi connectivity index (χ1) is 7.68. The largest absolute Gasteiger partial charge is 0.330 e. The molecule has 88 valence electrons. The monoisotopic (exact) mass is 301 g/mol. The molecule has 0 spiro atoms. The van der Waals surface area contributed by atoms with Crippen molar-refractivity contribution < 1.29 is 0 Å². The lowest BCUT2D eigenvalue weighted by Gasteiger charge is -2.37. The maximum atomic E-state index is 6.35. The minimum atomic E-state index is 0.121. The summed E-state index contributed by atoms with van der Waals surface area (Å²) in [6.07, 6.45) is 6.21. The van der Waals surface area contributed by atoms with E-state index >= 15 is 0 Å². The van der Waals surface area contributed by atoms with Crippen molar-refractivity contribution in [2.24, 2.45) is 5.73 Å². The molecule has 16 heavy (non-hydrogen) atoms. The van der Waals surface area contributed by atoms with Crippen LogP contribution in [0.3, 0.4) is 0 Å². The predicted molar refractivity (Wildman–Crippen MR) is 73.0 cm³/mol. The lowest BCUT2D eigenvalue weighted by atomic mass is 9.69. The summed E-state index contributed by atoms with van der Waals surface area (Å²) in [6.45, 7) is 0.703. The highest BCUT2D eigenvalue weighted by molar-refractivity contribution is 9.10. The molecular formula is C13H17BrClN. The molecule has 0 aromatic heterocycles. The zero-order valence-electron chi connectivity index (χ0n) is 9.31. The van der Waals surface area contributed by atoms with Crippen LogP contribution in [-0.2, 0) is 5.41 Å². The van der Waals surface area contributed by atoms with Gasteiger partial charge in [0.25, 0.3) is 0 Å². The molecule has 2 rings (SSSR count). The number of hydrogen-bond donors (Lipinski definition) is 1. The van der Waals surface area contributed by atoms with Gasteiger partial charge in [0.05, 0.1) is 0 Å². The minimum absolute atomic E-state index is 0.121. The van der Waals surface area contributed by atoms with E-state index < -0.39 is 0 Å². The van der Waals surface area contributed by atoms with Crippen LogP contribution in [0.1, 0.15) is 37.7 Å². The highest BCUT2D eigenvalue weighted by atomic mass is 79.9. The van der Waals surface area contributed by atoms with Gasteiger partial charge in [0.2, 0.25) is 0 Å². The molecule has 1 aromatic rings. The van der Waals surface area contributed by atoms with Gasteiger partial charge in [-0.25, -0.2) is 0 Å². The van der Waals surface area contributed by atoms with Crippen molar-refractivity contribution in [1.29, 1.82) is 0 Å². The van der Waals surface area contributed by atoms with E-state index in [1.54, 1.807) is 0 Å². The minimum Gasteiger partial charge on any atom is -0.330 e. The van der Waals surface area contributed by atoms with Crippen molar-refractivity contribution in [3.63, 3.8) is 0 Å². The number of hydrogen-bond acceptors (Lipinski definition) is 1. The van der Waals surface area contributed by atoms with E-state index in [9.17, 15) is 0 Å². The lowest BCUT2D eigenvalue weighted by molar-refractivity contribution is 0.301. The maximum absolute atomic E-state index is 6.35. The normalized spacial score (nSPS) is 19.7. The van der Waals surface area contributed by atoms with Gasteiger partial charge in [0, 0.05) is 21.5 Å². The van der Waals surface area contributed by atoms with Gasteiger partial charge in [0.15, 0.2) is 0 Å². The number of rotatable bonds is 2. The van der Waals surface area contributed by atoms with Crippen molar-refractivity contribution in [2.45, 2.75) is 37.5 Å². The Morgan fingerprint density at radius 2 is 1.94 bits per heavy atom. The number of halogens is 2. The summed E-state index contributed by atoms with van der Waals surface area (Å²) in [5.74, 6) is 0. The fourth-order valence-corrected chi connectivity index (χ4v) is 3.61. The highest BCUT2D eigenvalue weighted by Crippen LogP contribution is 2.42. The van der Waals surface area contributed by atoms with Gasteiger partial charge < -0.3 is 5.73 Å². The Kier molecular flexibility index (Phi) is 3.93. The first-order valence-corrected chi connectivity index (χ1v) is 7.01. The molecule has 1 fully saturated rings. The molecular weight excluding hydrogens is 286 g/mol. The molecule has 0 amide bonds. The van der Waals surface area contributed by atoms with Gasteiger partial charge in [-0.15, -0.1) is 0 Å². The van der Waals surface area contributed by atoms with Crippen LogP contribution in [0.2, 0.25) is 5.02 Å². The quantitative estimate of drug-likeness (QED) is 0.868. The van der Waals surface area contributed by atoms with Crippen molar-refractivity contribution in [1.82, 2.24) is 0 Å². The van der Waals surface area contributed by atoms with Gasteiger partial charge in [0.1, 0.15) is 0 Å².